The Balaban J connectivity index is 1.27. The molecule has 0 radical (unpaired) electrons. The SMILES string of the molecule is CN=C(NCc1ccc(N2CCCC2=O)cc1)NCc1cccc(NC(=O)c2ccco2)c1. The van der Waals surface area contributed by atoms with Gasteiger partial charge in [0.25, 0.3) is 5.91 Å². The van der Waals surface area contributed by atoms with Crippen LogP contribution in [0.2, 0.25) is 0 Å². The number of carbonyl (C=O) groups excluding carboxylic acids is 2. The molecule has 2 amide bonds. The van der Waals surface area contributed by atoms with Crippen molar-refractivity contribution in [2.75, 3.05) is 23.8 Å². The minimum atomic E-state index is -0.289. The Labute approximate surface area is 192 Å². The fourth-order valence-corrected chi connectivity index (χ4v) is 3.67. The molecule has 170 valence electrons. The molecular weight excluding hydrogens is 418 g/mol. The number of nitrogens with one attached hydrogen (secondary N) is 3. The Kier molecular flexibility index (Phi) is 7.04. The van der Waals surface area contributed by atoms with Crippen molar-refractivity contribution in [2.24, 2.45) is 4.99 Å². The molecule has 3 aromatic rings. The lowest BCUT2D eigenvalue weighted by atomic mass is 10.2. The van der Waals surface area contributed by atoms with E-state index in [0.29, 0.717) is 31.2 Å². The maximum atomic E-state index is 12.2. The van der Waals surface area contributed by atoms with Gasteiger partial charge in [-0.2, -0.15) is 0 Å². The van der Waals surface area contributed by atoms with Gasteiger partial charge in [0.1, 0.15) is 0 Å². The number of nitrogens with zero attached hydrogens (tertiary/aromatic N) is 2. The first-order valence-corrected chi connectivity index (χ1v) is 10.9. The predicted molar refractivity (Wildman–Crippen MR) is 128 cm³/mol. The Bertz CT molecular complexity index is 1120. The van der Waals surface area contributed by atoms with E-state index in [0.717, 1.165) is 29.8 Å². The highest BCUT2D eigenvalue weighted by Gasteiger charge is 2.21. The van der Waals surface area contributed by atoms with Crippen LogP contribution < -0.4 is 20.9 Å². The minimum Gasteiger partial charge on any atom is -0.459 e. The standard InChI is InChI=1S/C25H27N5O3/c1-26-25(27-16-18-9-11-21(12-10-18)30-13-3-8-23(30)31)28-17-19-5-2-6-20(15-19)29-24(32)22-7-4-14-33-22/h2,4-7,9-12,14-15H,3,8,13,16-17H2,1H3,(H,29,32)(H2,26,27,28). The van der Waals surface area contributed by atoms with Crippen LogP contribution in [0.4, 0.5) is 11.4 Å². The molecule has 1 aliphatic rings. The maximum Gasteiger partial charge on any atom is 0.291 e. The van der Waals surface area contributed by atoms with Crippen molar-refractivity contribution in [2.45, 2.75) is 25.9 Å². The maximum absolute atomic E-state index is 12.2. The number of rotatable bonds is 7. The summed E-state index contributed by atoms with van der Waals surface area (Å²) in [5.74, 6) is 0.833. The number of aliphatic imine (C=N–C) groups is 1. The van der Waals surface area contributed by atoms with E-state index < -0.39 is 0 Å². The van der Waals surface area contributed by atoms with Crippen LogP contribution in [0.15, 0.2) is 76.3 Å². The first kappa shape index (κ1) is 22.1. The summed E-state index contributed by atoms with van der Waals surface area (Å²) >= 11 is 0. The molecule has 0 aliphatic carbocycles. The fraction of sp³-hybridized carbons (Fsp3) is 0.240. The van der Waals surface area contributed by atoms with Gasteiger partial charge in [-0.05, 0) is 53.9 Å². The van der Waals surface area contributed by atoms with E-state index in [-0.39, 0.29) is 17.6 Å². The molecule has 3 N–H and O–H groups in total. The third kappa shape index (κ3) is 5.79. The molecular formula is C25H27N5O3. The van der Waals surface area contributed by atoms with Crippen LogP contribution in [-0.2, 0) is 17.9 Å². The summed E-state index contributed by atoms with van der Waals surface area (Å²) in [6.07, 6.45) is 3.02. The zero-order valence-electron chi connectivity index (χ0n) is 18.5. The molecule has 0 bridgehead atoms. The molecule has 1 fully saturated rings. The number of hydrogen-bond donors (Lipinski definition) is 3. The summed E-state index contributed by atoms with van der Waals surface area (Å²) in [4.78, 5) is 30.2. The number of carbonyl (C=O) groups is 2. The first-order chi connectivity index (χ1) is 16.1. The van der Waals surface area contributed by atoms with Crippen LogP contribution in [0.25, 0.3) is 0 Å². The van der Waals surface area contributed by atoms with Crippen molar-refractivity contribution in [3.05, 3.63) is 83.8 Å². The Hall–Kier alpha value is -4.07. The van der Waals surface area contributed by atoms with Gasteiger partial charge in [0.2, 0.25) is 5.91 Å². The molecule has 8 nitrogen and oxygen atoms in total. The molecule has 2 heterocycles. The topological polar surface area (TPSA) is 99.0 Å². The largest absolute Gasteiger partial charge is 0.459 e. The van der Waals surface area contributed by atoms with Crippen LogP contribution in [-0.4, -0.2) is 31.4 Å². The zero-order chi connectivity index (χ0) is 23.0. The van der Waals surface area contributed by atoms with E-state index in [1.54, 1.807) is 19.2 Å². The summed E-state index contributed by atoms with van der Waals surface area (Å²) < 4.78 is 5.13. The zero-order valence-corrected chi connectivity index (χ0v) is 18.5. The van der Waals surface area contributed by atoms with Crippen LogP contribution in [0.3, 0.4) is 0 Å². The van der Waals surface area contributed by atoms with E-state index in [9.17, 15) is 9.59 Å². The van der Waals surface area contributed by atoms with Crippen LogP contribution in [0.5, 0.6) is 0 Å². The minimum absolute atomic E-state index is 0.190. The Morgan fingerprint density at radius 2 is 1.82 bits per heavy atom. The molecule has 1 saturated heterocycles. The normalized spacial score (nSPS) is 13.8. The fourth-order valence-electron chi connectivity index (χ4n) is 3.67. The van der Waals surface area contributed by atoms with Gasteiger partial charge in [-0.3, -0.25) is 14.6 Å². The summed E-state index contributed by atoms with van der Waals surface area (Å²) in [5, 5.41) is 9.41. The van der Waals surface area contributed by atoms with Crippen molar-refractivity contribution in [1.82, 2.24) is 10.6 Å². The molecule has 1 aliphatic heterocycles. The molecule has 1 aromatic heterocycles. The van der Waals surface area contributed by atoms with E-state index in [2.05, 4.69) is 20.9 Å². The highest BCUT2D eigenvalue weighted by atomic mass is 16.3. The highest BCUT2D eigenvalue weighted by Crippen LogP contribution is 2.21. The Morgan fingerprint density at radius 1 is 1.03 bits per heavy atom. The summed E-state index contributed by atoms with van der Waals surface area (Å²) in [6.45, 7) is 1.94. The van der Waals surface area contributed by atoms with Gasteiger partial charge in [-0.1, -0.05) is 24.3 Å². The second-order valence-electron chi connectivity index (χ2n) is 7.73. The van der Waals surface area contributed by atoms with E-state index in [1.165, 1.54) is 6.26 Å². The van der Waals surface area contributed by atoms with Crippen molar-refractivity contribution in [1.29, 1.82) is 0 Å². The molecule has 0 unspecified atom stereocenters. The second kappa shape index (κ2) is 10.5. The van der Waals surface area contributed by atoms with Gasteiger partial charge < -0.3 is 25.3 Å². The monoisotopic (exact) mass is 445 g/mol. The number of amides is 2. The third-order valence-electron chi connectivity index (χ3n) is 5.39. The third-order valence-corrected chi connectivity index (χ3v) is 5.39. The van der Waals surface area contributed by atoms with Crippen LogP contribution in [0.1, 0.15) is 34.5 Å². The van der Waals surface area contributed by atoms with E-state index >= 15 is 0 Å². The predicted octanol–water partition coefficient (Wildman–Crippen LogP) is 3.52. The lowest BCUT2D eigenvalue weighted by Gasteiger charge is -2.16. The smallest absolute Gasteiger partial charge is 0.291 e. The Morgan fingerprint density at radius 3 is 2.48 bits per heavy atom. The van der Waals surface area contributed by atoms with Gasteiger partial charge in [0.15, 0.2) is 11.7 Å². The van der Waals surface area contributed by atoms with Gasteiger partial charge in [0.05, 0.1) is 6.26 Å². The number of benzene rings is 2. The first-order valence-electron chi connectivity index (χ1n) is 10.9. The number of anilines is 2. The van der Waals surface area contributed by atoms with Gasteiger partial charge in [-0.15, -0.1) is 0 Å². The molecule has 4 rings (SSSR count). The van der Waals surface area contributed by atoms with Crippen molar-refractivity contribution in [3.8, 4) is 0 Å². The van der Waals surface area contributed by atoms with Crippen LogP contribution in [0, 0.1) is 0 Å². The summed E-state index contributed by atoms with van der Waals surface area (Å²) in [5.41, 5.74) is 3.73. The number of guanidine groups is 1. The second-order valence-corrected chi connectivity index (χ2v) is 7.73. The average Bonchev–Trinajstić information content (AvgIpc) is 3.52. The average molecular weight is 446 g/mol. The van der Waals surface area contributed by atoms with Gasteiger partial charge in [0, 0.05) is 44.5 Å². The van der Waals surface area contributed by atoms with E-state index in [1.807, 2.05) is 53.4 Å². The number of hydrogen-bond acceptors (Lipinski definition) is 4. The molecule has 33 heavy (non-hydrogen) atoms. The van der Waals surface area contributed by atoms with Crippen LogP contribution >= 0.6 is 0 Å². The molecule has 2 aromatic carbocycles. The lowest BCUT2D eigenvalue weighted by Crippen LogP contribution is -2.36. The van der Waals surface area contributed by atoms with Crippen molar-refractivity contribution >= 4 is 29.1 Å². The number of furan rings is 1. The van der Waals surface area contributed by atoms with E-state index in [4.69, 9.17) is 4.42 Å². The molecule has 0 saturated carbocycles. The quantitative estimate of drug-likeness (QED) is 0.382. The van der Waals surface area contributed by atoms with Gasteiger partial charge >= 0.3 is 0 Å². The molecule has 0 spiro atoms. The lowest BCUT2D eigenvalue weighted by molar-refractivity contribution is -0.117. The summed E-state index contributed by atoms with van der Waals surface area (Å²) in [6, 6.07) is 18.9. The summed E-state index contributed by atoms with van der Waals surface area (Å²) in [7, 11) is 1.72. The van der Waals surface area contributed by atoms with Crippen molar-refractivity contribution < 1.29 is 14.0 Å². The molecule has 8 heteroatoms. The highest BCUT2D eigenvalue weighted by molar-refractivity contribution is 6.02. The molecule has 0 atom stereocenters. The van der Waals surface area contributed by atoms with Crippen molar-refractivity contribution in [3.63, 3.8) is 0 Å². The van der Waals surface area contributed by atoms with Gasteiger partial charge in [-0.25, -0.2) is 0 Å².